The van der Waals surface area contributed by atoms with Gasteiger partial charge in [-0.3, -0.25) is 0 Å². The number of hydrogen-bond donors (Lipinski definition) is 3. The second kappa shape index (κ2) is 5.05. The Hall–Kier alpha value is -2.81. The van der Waals surface area contributed by atoms with Gasteiger partial charge in [-0.05, 0) is 17.7 Å². The molecule has 0 saturated heterocycles. The summed E-state index contributed by atoms with van der Waals surface area (Å²) in [6.45, 7) is 0. The topological polar surface area (TPSA) is 65.7 Å². The fraction of sp³-hybridized carbons (Fsp3) is 0. The number of aromatic amines is 1. The maximum Gasteiger partial charge on any atom is 0.0654 e. The van der Waals surface area contributed by atoms with E-state index in [1.165, 1.54) is 0 Å². The first-order valence-corrected chi connectivity index (χ1v) is 6.43. The summed E-state index contributed by atoms with van der Waals surface area (Å²) in [6.07, 6.45) is 3.58. The molecule has 0 spiro atoms. The molecule has 3 heteroatoms. The SMILES string of the molecule is N=C(C=C(N)c1ccccc1)c1cccc2cc[nH]c12. The van der Waals surface area contributed by atoms with Gasteiger partial charge in [0.05, 0.1) is 11.2 Å². The highest BCUT2D eigenvalue weighted by Gasteiger charge is 2.06. The molecule has 98 valence electrons. The number of aromatic nitrogens is 1. The smallest absolute Gasteiger partial charge is 0.0654 e. The van der Waals surface area contributed by atoms with Gasteiger partial charge in [-0.25, -0.2) is 0 Å². The highest BCUT2D eigenvalue weighted by Crippen LogP contribution is 2.19. The molecule has 0 aliphatic rings. The van der Waals surface area contributed by atoms with Gasteiger partial charge in [0.25, 0.3) is 0 Å². The lowest BCUT2D eigenvalue weighted by Crippen LogP contribution is -2.03. The lowest BCUT2D eigenvalue weighted by Gasteiger charge is -2.05. The zero-order valence-corrected chi connectivity index (χ0v) is 10.9. The third-order valence-electron chi connectivity index (χ3n) is 3.28. The maximum atomic E-state index is 8.25. The van der Waals surface area contributed by atoms with Crippen LogP contribution in [-0.2, 0) is 0 Å². The number of nitrogens with two attached hydrogens (primary N) is 1. The predicted molar refractivity (Wildman–Crippen MR) is 83.7 cm³/mol. The Kier molecular flexibility index (Phi) is 3.09. The highest BCUT2D eigenvalue weighted by atomic mass is 14.7. The van der Waals surface area contributed by atoms with Crippen molar-refractivity contribution < 1.29 is 0 Å². The molecule has 0 radical (unpaired) electrons. The monoisotopic (exact) mass is 261 g/mol. The van der Waals surface area contributed by atoms with Gasteiger partial charge >= 0.3 is 0 Å². The van der Waals surface area contributed by atoms with E-state index in [2.05, 4.69) is 4.98 Å². The molecule has 20 heavy (non-hydrogen) atoms. The van der Waals surface area contributed by atoms with Gasteiger partial charge in [0.15, 0.2) is 0 Å². The average molecular weight is 261 g/mol. The van der Waals surface area contributed by atoms with Gasteiger partial charge in [-0.15, -0.1) is 0 Å². The quantitative estimate of drug-likeness (QED) is 0.620. The molecule has 2 aromatic carbocycles. The summed E-state index contributed by atoms with van der Waals surface area (Å²) >= 11 is 0. The van der Waals surface area contributed by atoms with Crippen LogP contribution < -0.4 is 5.73 Å². The van der Waals surface area contributed by atoms with Crippen molar-refractivity contribution in [3.8, 4) is 0 Å². The molecule has 0 aliphatic carbocycles. The summed E-state index contributed by atoms with van der Waals surface area (Å²) in [7, 11) is 0. The van der Waals surface area contributed by atoms with Crippen molar-refractivity contribution in [2.24, 2.45) is 5.73 Å². The lowest BCUT2D eigenvalue weighted by atomic mass is 10.0. The van der Waals surface area contributed by atoms with Gasteiger partial charge in [-0.1, -0.05) is 48.5 Å². The molecule has 0 bridgehead atoms. The van der Waals surface area contributed by atoms with E-state index in [0.717, 1.165) is 22.0 Å². The van der Waals surface area contributed by atoms with Gasteiger partial charge in [0, 0.05) is 22.8 Å². The van der Waals surface area contributed by atoms with Crippen molar-refractivity contribution in [3.05, 3.63) is 78.0 Å². The molecule has 0 aliphatic heterocycles. The molecule has 0 amide bonds. The molecule has 1 heterocycles. The van der Waals surface area contributed by atoms with Gasteiger partial charge in [0.2, 0.25) is 0 Å². The van der Waals surface area contributed by atoms with Crippen LogP contribution in [0.1, 0.15) is 11.1 Å². The molecule has 3 rings (SSSR count). The lowest BCUT2D eigenvalue weighted by molar-refractivity contribution is 1.44. The van der Waals surface area contributed by atoms with Crippen LogP contribution in [0.4, 0.5) is 0 Å². The molecule has 0 atom stereocenters. The molecule has 0 saturated carbocycles. The largest absolute Gasteiger partial charge is 0.398 e. The van der Waals surface area contributed by atoms with E-state index in [9.17, 15) is 0 Å². The zero-order valence-electron chi connectivity index (χ0n) is 10.9. The Morgan fingerprint density at radius 3 is 2.60 bits per heavy atom. The van der Waals surface area contributed by atoms with Crippen LogP contribution in [-0.4, -0.2) is 10.7 Å². The summed E-state index contributed by atoms with van der Waals surface area (Å²) in [6, 6.07) is 17.6. The van der Waals surface area contributed by atoms with Crippen LogP contribution in [0, 0.1) is 5.41 Å². The van der Waals surface area contributed by atoms with Crippen LogP contribution in [0.5, 0.6) is 0 Å². The van der Waals surface area contributed by atoms with E-state index in [-0.39, 0.29) is 0 Å². The Morgan fingerprint density at radius 1 is 1.00 bits per heavy atom. The van der Waals surface area contributed by atoms with Crippen LogP contribution in [0.3, 0.4) is 0 Å². The minimum absolute atomic E-state index is 0.402. The molecule has 4 N–H and O–H groups in total. The van der Waals surface area contributed by atoms with Crippen molar-refractivity contribution in [1.29, 1.82) is 5.41 Å². The third kappa shape index (κ3) is 2.21. The van der Waals surface area contributed by atoms with E-state index in [4.69, 9.17) is 11.1 Å². The Balaban J connectivity index is 1.99. The van der Waals surface area contributed by atoms with Crippen molar-refractivity contribution in [1.82, 2.24) is 4.98 Å². The normalized spacial score (nSPS) is 11.7. The zero-order chi connectivity index (χ0) is 13.9. The van der Waals surface area contributed by atoms with E-state index < -0.39 is 0 Å². The number of fused-ring (bicyclic) bond motifs is 1. The number of H-pyrrole nitrogens is 1. The number of para-hydroxylation sites is 1. The second-order valence-corrected chi connectivity index (χ2v) is 4.63. The number of hydrogen-bond acceptors (Lipinski definition) is 2. The van der Waals surface area contributed by atoms with Crippen LogP contribution in [0.25, 0.3) is 16.6 Å². The Labute approximate surface area is 117 Å². The van der Waals surface area contributed by atoms with E-state index in [1.807, 2.05) is 60.8 Å². The molecular weight excluding hydrogens is 246 g/mol. The fourth-order valence-electron chi connectivity index (χ4n) is 2.26. The Morgan fingerprint density at radius 2 is 1.80 bits per heavy atom. The van der Waals surface area contributed by atoms with E-state index >= 15 is 0 Å². The van der Waals surface area contributed by atoms with Crippen LogP contribution in [0.2, 0.25) is 0 Å². The molecule has 1 aromatic heterocycles. The molecule has 3 nitrogen and oxygen atoms in total. The van der Waals surface area contributed by atoms with Gasteiger partial charge in [0.1, 0.15) is 0 Å². The summed E-state index contributed by atoms with van der Waals surface area (Å²) in [5.41, 5.74) is 9.81. The number of benzene rings is 2. The molecule has 0 fully saturated rings. The van der Waals surface area contributed by atoms with Crippen molar-refractivity contribution in [2.75, 3.05) is 0 Å². The minimum Gasteiger partial charge on any atom is -0.398 e. The number of rotatable bonds is 3. The third-order valence-corrected chi connectivity index (χ3v) is 3.28. The summed E-state index contributed by atoms with van der Waals surface area (Å²) in [5.74, 6) is 0. The predicted octanol–water partition coefficient (Wildman–Crippen LogP) is 3.54. The maximum absolute atomic E-state index is 8.25. The molecular formula is C17H15N3. The van der Waals surface area contributed by atoms with Crippen molar-refractivity contribution >= 4 is 22.3 Å². The fourth-order valence-corrected chi connectivity index (χ4v) is 2.26. The highest BCUT2D eigenvalue weighted by molar-refractivity contribution is 6.16. The second-order valence-electron chi connectivity index (χ2n) is 4.63. The van der Waals surface area contributed by atoms with E-state index in [0.29, 0.717) is 11.4 Å². The van der Waals surface area contributed by atoms with E-state index in [1.54, 1.807) is 6.08 Å². The average Bonchev–Trinajstić information content (AvgIpc) is 2.96. The van der Waals surface area contributed by atoms with Crippen LogP contribution in [0.15, 0.2) is 66.9 Å². The first kappa shape index (κ1) is 12.2. The molecule has 3 aromatic rings. The van der Waals surface area contributed by atoms with Crippen LogP contribution >= 0.6 is 0 Å². The summed E-state index contributed by atoms with van der Waals surface area (Å²) in [5, 5.41) is 9.35. The van der Waals surface area contributed by atoms with Gasteiger partial charge in [-0.2, -0.15) is 0 Å². The summed E-state index contributed by atoms with van der Waals surface area (Å²) in [4.78, 5) is 3.17. The van der Waals surface area contributed by atoms with Crippen molar-refractivity contribution in [3.63, 3.8) is 0 Å². The standard InChI is InChI=1S/C17H15N3/c18-15(12-5-2-1-3-6-12)11-16(19)14-8-4-7-13-9-10-20-17(13)14/h1-11,19-20H,18H2. The van der Waals surface area contributed by atoms with Gasteiger partial charge < -0.3 is 16.1 Å². The first-order chi connectivity index (χ1) is 9.75. The summed E-state index contributed by atoms with van der Waals surface area (Å²) < 4.78 is 0. The number of nitrogens with one attached hydrogen (secondary N) is 2. The van der Waals surface area contributed by atoms with Crippen molar-refractivity contribution in [2.45, 2.75) is 0 Å². The minimum atomic E-state index is 0.402. The first-order valence-electron chi connectivity index (χ1n) is 6.43. The molecule has 0 unspecified atom stereocenters. The Bertz CT molecular complexity index is 782. The number of allylic oxidation sites excluding steroid dienone is 1.